The number of carbonyl (C=O) groups excluding carboxylic acids is 1. The minimum absolute atomic E-state index is 0.00981. The molecule has 0 radical (unpaired) electrons. The number of amides is 1. The first-order valence-corrected chi connectivity index (χ1v) is 5.63. The first kappa shape index (κ1) is 13.0. The molecule has 1 N–H and O–H groups in total. The maximum absolute atomic E-state index is 11.6. The number of hydrogen-bond donors (Lipinski definition) is 1. The van der Waals surface area contributed by atoms with Crippen LogP contribution in [-0.4, -0.2) is 47.7 Å². The summed E-state index contributed by atoms with van der Waals surface area (Å²) in [5.41, 5.74) is 0. The summed E-state index contributed by atoms with van der Waals surface area (Å²) in [5.74, 6) is -1.21. The summed E-state index contributed by atoms with van der Waals surface area (Å²) in [6.45, 7) is 5.14. The van der Waals surface area contributed by atoms with E-state index in [1.54, 1.807) is 4.90 Å². The van der Waals surface area contributed by atoms with Crippen molar-refractivity contribution in [3.63, 3.8) is 0 Å². The number of aliphatic carboxylic acids is 1. The standard InChI is InChI=1S/C11H19NO4/c1-8(2)16-6-4-10(13)12-5-3-9(7-12)11(14)15/h8-9H,3-7H2,1-2H3,(H,14,15). The van der Waals surface area contributed by atoms with Crippen molar-refractivity contribution in [2.45, 2.75) is 32.8 Å². The zero-order valence-corrected chi connectivity index (χ0v) is 9.81. The predicted octanol–water partition coefficient (Wildman–Crippen LogP) is 0.735. The van der Waals surface area contributed by atoms with E-state index in [1.165, 1.54) is 0 Å². The molecule has 0 bridgehead atoms. The molecule has 5 heteroatoms. The number of carbonyl (C=O) groups is 2. The number of ether oxygens (including phenoxy) is 1. The second kappa shape index (κ2) is 5.84. The zero-order chi connectivity index (χ0) is 12.1. The number of hydrogen-bond acceptors (Lipinski definition) is 3. The molecule has 92 valence electrons. The SMILES string of the molecule is CC(C)OCCC(=O)N1CCC(C(=O)O)C1. The Labute approximate surface area is 95.4 Å². The summed E-state index contributed by atoms with van der Waals surface area (Å²) in [6, 6.07) is 0. The van der Waals surface area contributed by atoms with Gasteiger partial charge in [-0.25, -0.2) is 0 Å². The van der Waals surface area contributed by atoms with E-state index < -0.39 is 11.9 Å². The molecule has 0 aromatic heterocycles. The number of nitrogens with zero attached hydrogens (tertiary/aromatic N) is 1. The van der Waals surface area contributed by atoms with Crippen LogP contribution in [0.4, 0.5) is 0 Å². The Morgan fingerprint density at radius 3 is 2.69 bits per heavy atom. The summed E-state index contributed by atoms with van der Waals surface area (Å²) >= 11 is 0. The third kappa shape index (κ3) is 3.81. The minimum atomic E-state index is -0.811. The Balaban J connectivity index is 2.26. The molecule has 16 heavy (non-hydrogen) atoms. The molecule has 0 spiro atoms. The van der Waals surface area contributed by atoms with Crippen molar-refractivity contribution in [3.8, 4) is 0 Å². The lowest BCUT2D eigenvalue weighted by molar-refractivity contribution is -0.141. The van der Waals surface area contributed by atoms with Gasteiger partial charge in [0.25, 0.3) is 0 Å². The fraction of sp³-hybridized carbons (Fsp3) is 0.818. The van der Waals surface area contributed by atoms with Crippen LogP contribution in [0, 0.1) is 5.92 Å². The molecule has 0 aliphatic carbocycles. The fourth-order valence-electron chi connectivity index (χ4n) is 1.73. The molecular formula is C11H19NO4. The van der Waals surface area contributed by atoms with Crippen LogP contribution < -0.4 is 0 Å². The van der Waals surface area contributed by atoms with Crippen LogP contribution in [0.2, 0.25) is 0 Å². The number of likely N-dealkylation sites (tertiary alicyclic amines) is 1. The third-order valence-corrected chi connectivity index (χ3v) is 2.66. The Kier molecular flexibility index (Phi) is 4.73. The van der Waals surface area contributed by atoms with E-state index in [1.807, 2.05) is 13.8 Å². The maximum Gasteiger partial charge on any atom is 0.308 e. The molecule has 1 rings (SSSR count). The van der Waals surface area contributed by atoms with Gasteiger partial charge in [-0.3, -0.25) is 9.59 Å². The van der Waals surface area contributed by atoms with Gasteiger partial charge >= 0.3 is 5.97 Å². The van der Waals surface area contributed by atoms with Gasteiger partial charge in [0, 0.05) is 13.1 Å². The first-order chi connectivity index (χ1) is 7.50. The summed E-state index contributed by atoms with van der Waals surface area (Å²) < 4.78 is 5.28. The van der Waals surface area contributed by atoms with Gasteiger partial charge in [-0.2, -0.15) is 0 Å². The van der Waals surface area contributed by atoms with E-state index in [4.69, 9.17) is 9.84 Å². The van der Waals surface area contributed by atoms with E-state index in [9.17, 15) is 9.59 Å². The average molecular weight is 229 g/mol. The van der Waals surface area contributed by atoms with Crippen LogP contribution >= 0.6 is 0 Å². The van der Waals surface area contributed by atoms with E-state index >= 15 is 0 Å². The quantitative estimate of drug-likeness (QED) is 0.755. The topological polar surface area (TPSA) is 66.8 Å². The van der Waals surface area contributed by atoms with Crippen molar-refractivity contribution in [1.29, 1.82) is 0 Å². The molecule has 0 saturated carbocycles. The highest BCUT2D eigenvalue weighted by molar-refractivity contribution is 5.78. The van der Waals surface area contributed by atoms with Crippen LogP contribution in [0.25, 0.3) is 0 Å². The Bertz CT molecular complexity index is 265. The molecule has 5 nitrogen and oxygen atoms in total. The zero-order valence-electron chi connectivity index (χ0n) is 9.81. The van der Waals surface area contributed by atoms with Crippen molar-refractivity contribution in [3.05, 3.63) is 0 Å². The normalized spacial score (nSPS) is 20.4. The monoisotopic (exact) mass is 229 g/mol. The molecule has 1 fully saturated rings. The average Bonchev–Trinajstić information content (AvgIpc) is 2.65. The van der Waals surface area contributed by atoms with Crippen LogP contribution in [0.1, 0.15) is 26.7 Å². The summed E-state index contributed by atoms with van der Waals surface area (Å²) in [6.07, 6.45) is 1.02. The van der Waals surface area contributed by atoms with Gasteiger partial charge < -0.3 is 14.7 Å². The van der Waals surface area contributed by atoms with Crippen molar-refractivity contribution >= 4 is 11.9 Å². The van der Waals surface area contributed by atoms with Crippen molar-refractivity contribution in [2.75, 3.05) is 19.7 Å². The van der Waals surface area contributed by atoms with Crippen LogP contribution in [0.3, 0.4) is 0 Å². The molecule has 1 amide bonds. The maximum atomic E-state index is 11.6. The highest BCUT2D eigenvalue weighted by atomic mass is 16.5. The van der Waals surface area contributed by atoms with E-state index in [0.717, 1.165) is 0 Å². The van der Waals surface area contributed by atoms with Crippen LogP contribution in [0.5, 0.6) is 0 Å². The van der Waals surface area contributed by atoms with Crippen molar-refractivity contribution in [2.24, 2.45) is 5.92 Å². The smallest absolute Gasteiger partial charge is 0.308 e. The van der Waals surface area contributed by atoms with Crippen LogP contribution in [0.15, 0.2) is 0 Å². The Hall–Kier alpha value is -1.10. The van der Waals surface area contributed by atoms with Crippen molar-refractivity contribution in [1.82, 2.24) is 4.90 Å². The van der Waals surface area contributed by atoms with E-state index in [-0.39, 0.29) is 12.0 Å². The van der Waals surface area contributed by atoms with E-state index in [2.05, 4.69) is 0 Å². The minimum Gasteiger partial charge on any atom is -0.481 e. The second-order valence-corrected chi connectivity index (χ2v) is 4.33. The largest absolute Gasteiger partial charge is 0.481 e. The molecule has 0 aromatic carbocycles. The molecular weight excluding hydrogens is 210 g/mol. The molecule has 1 heterocycles. The van der Waals surface area contributed by atoms with Gasteiger partial charge in [0.05, 0.1) is 25.0 Å². The Morgan fingerprint density at radius 2 is 2.19 bits per heavy atom. The summed E-state index contributed by atoms with van der Waals surface area (Å²) in [5, 5.41) is 8.80. The number of carboxylic acids is 1. The van der Waals surface area contributed by atoms with Gasteiger partial charge in [-0.1, -0.05) is 0 Å². The number of rotatable bonds is 5. The highest BCUT2D eigenvalue weighted by Crippen LogP contribution is 2.17. The van der Waals surface area contributed by atoms with Gasteiger partial charge in [-0.15, -0.1) is 0 Å². The molecule has 1 saturated heterocycles. The fourth-order valence-corrected chi connectivity index (χ4v) is 1.73. The lowest BCUT2D eigenvalue weighted by atomic mass is 10.1. The van der Waals surface area contributed by atoms with Crippen molar-refractivity contribution < 1.29 is 19.4 Å². The Morgan fingerprint density at radius 1 is 1.50 bits per heavy atom. The first-order valence-electron chi connectivity index (χ1n) is 5.63. The molecule has 1 aliphatic rings. The summed E-state index contributed by atoms with van der Waals surface area (Å²) in [7, 11) is 0. The highest BCUT2D eigenvalue weighted by Gasteiger charge is 2.30. The molecule has 1 aliphatic heterocycles. The van der Waals surface area contributed by atoms with E-state index in [0.29, 0.717) is 32.5 Å². The second-order valence-electron chi connectivity index (χ2n) is 4.33. The van der Waals surface area contributed by atoms with Gasteiger partial charge in [0.15, 0.2) is 0 Å². The van der Waals surface area contributed by atoms with Gasteiger partial charge in [0.2, 0.25) is 5.91 Å². The number of carboxylic acid groups (broad SMARTS) is 1. The van der Waals surface area contributed by atoms with Crippen LogP contribution in [-0.2, 0) is 14.3 Å². The molecule has 1 atom stereocenters. The van der Waals surface area contributed by atoms with Gasteiger partial charge in [0.1, 0.15) is 0 Å². The lowest BCUT2D eigenvalue weighted by Crippen LogP contribution is -2.30. The summed E-state index contributed by atoms with van der Waals surface area (Å²) in [4.78, 5) is 24.0. The molecule has 1 unspecified atom stereocenters. The third-order valence-electron chi connectivity index (χ3n) is 2.66. The molecule has 0 aromatic rings. The lowest BCUT2D eigenvalue weighted by Gasteiger charge is -2.16. The van der Waals surface area contributed by atoms with Gasteiger partial charge in [-0.05, 0) is 20.3 Å². The predicted molar refractivity (Wildman–Crippen MR) is 58.0 cm³/mol.